The standard InChI is InChI=1S/C10H15NO2/c11-5-9(10(12)13)8-4-6-1-2-7(8)3-6/h1-2,6-9H,3-5,11H2,(H,12,13). The number of carboxylic acid groups (broad SMARTS) is 1. The molecule has 0 aromatic rings. The Balaban J connectivity index is 2.08. The minimum Gasteiger partial charge on any atom is -0.481 e. The molecule has 4 atom stereocenters. The highest BCUT2D eigenvalue weighted by molar-refractivity contribution is 5.70. The van der Waals surface area contributed by atoms with Gasteiger partial charge < -0.3 is 10.8 Å². The Kier molecular flexibility index (Phi) is 2.12. The molecule has 3 nitrogen and oxygen atoms in total. The first-order valence-electron chi connectivity index (χ1n) is 4.83. The van der Waals surface area contributed by atoms with E-state index < -0.39 is 5.97 Å². The van der Waals surface area contributed by atoms with E-state index in [-0.39, 0.29) is 18.4 Å². The Bertz CT molecular complexity index is 249. The van der Waals surface area contributed by atoms with Crippen LogP contribution in [0.4, 0.5) is 0 Å². The molecule has 0 spiro atoms. The Morgan fingerprint density at radius 3 is 2.69 bits per heavy atom. The summed E-state index contributed by atoms with van der Waals surface area (Å²) >= 11 is 0. The zero-order chi connectivity index (χ0) is 9.42. The van der Waals surface area contributed by atoms with Crippen LogP contribution >= 0.6 is 0 Å². The summed E-state index contributed by atoms with van der Waals surface area (Å²) in [4.78, 5) is 10.9. The second-order valence-corrected chi connectivity index (χ2v) is 4.12. The molecule has 3 N–H and O–H groups in total. The molecule has 2 aliphatic rings. The number of hydrogen-bond acceptors (Lipinski definition) is 2. The normalized spacial score (nSPS) is 38.1. The molecular formula is C10H15NO2. The quantitative estimate of drug-likeness (QED) is 0.635. The predicted octanol–water partition coefficient (Wildman–Crippen LogP) is 0.858. The van der Waals surface area contributed by atoms with Gasteiger partial charge in [0.1, 0.15) is 0 Å². The number of nitrogens with two attached hydrogens (primary N) is 1. The molecule has 2 aliphatic carbocycles. The minimum atomic E-state index is -0.728. The number of rotatable bonds is 3. The van der Waals surface area contributed by atoms with Gasteiger partial charge in [0.05, 0.1) is 5.92 Å². The average molecular weight is 181 g/mol. The van der Waals surface area contributed by atoms with E-state index in [0.717, 1.165) is 12.8 Å². The van der Waals surface area contributed by atoms with Gasteiger partial charge in [0.15, 0.2) is 0 Å². The first-order chi connectivity index (χ1) is 6.22. The van der Waals surface area contributed by atoms with E-state index in [1.807, 2.05) is 0 Å². The van der Waals surface area contributed by atoms with Crippen LogP contribution < -0.4 is 5.73 Å². The van der Waals surface area contributed by atoms with Gasteiger partial charge in [-0.3, -0.25) is 4.79 Å². The van der Waals surface area contributed by atoms with E-state index in [1.54, 1.807) is 0 Å². The lowest BCUT2D eigenvalue weighted by Crippen LogP contribution is -2.32. The van der Waals surface area contributed by atoms with Gasteiger partial charge in [-0.15, -0.1) is 0 Å². The van der Waals surface area contributed by atoms with Crippen LogP contribution in [0.1, 0.15) is 12.8 Å². The van der Waals surface area contributed by atoms with Crippen molar-refractivity contribution in [2.45, 2.75) is 12.8 Å². The van der Waals surface area contributed by atoms with Gasteiger partial charge in [0.25, 0.3) is 0 Å². The van der Waals surface area contributed by atoms with Crippen molar-refractivity contribution < 1.29 is 9.90 Å². The molecule has 0 aromatic carbocycles. The Hall–Kier alpha value is -0.830. The summed E-state index contributed by atoms with van der Waals surface area (Å²) < 4.78 is 0. The van der Waals surface area contributed by atoms with Gasteiger partial charge >= 0.3 is 5.97 Å². The summed E-state index contributed by atoms with van der Waals surface area (Å²) in [5, 5.41) is 8.96. The summed E-state index contributed by atoms with van der Waals surface area (Å²) in [6.07, 6.45) is 6.56. The number of carboxylic acids is 1. The van der Waals surface area contributed by atoms with Gasteiger partial charge in [-0.2, -0.15) is 0 Å². The number of fused-ring (bicyclic) bond motifs is 2. The molecule has 0 aromatic heterocycles. The molecule has 1 fully saturated rings. The van der Waals surface area contributed by atoms with E-state index in [4.69, 9.17) is 10.8 Å². The van der Waals surface area contributed by atoms with Crippen molar-refractivity contribution in [3.05, 3.63) is 12.2 Å². The number of hydrogen-bond donors (Lipinski definition) is 2. The molecule has 3 heteroatoms. The van der Waals surface area contributed by atoms with Crippen molar-refractivity contribution in [2.24, 2.45) is 29.4 Å². The lowest BCUT2D eigenvalue weighted by molar-refractivity contribution is -0.143. The van der Waals surface area contributed by atoms with E-state index in [9.17, 15) is 4.79 Å². The summed E-state index contributed by atoms with van der Waals surface area (Å²) in [6.45, 7) is 0.275. The summed E-state index contributed by atoms with van der Waals surface area (Å²) in [5.41, 5.74) is 5.48. The third-order valence-electron chi connectivity index (χ3n) is 3.42. The lowest BCUT2D eigenvalue weighted by atomic mass is 9.82. The topological polar surface area (TPSA) is 63.3 Å². The summed E-state index contributed by atoms with van der Waals surface area (Å²) in [7, 11) is 0. The SMILES string of the molecule is NCC(C(=O)O)C1CC2C=CC1C2. The van der Waals surface area contributed by atoms with Crippen molar-refractivity contribution in [1.82, 2.24) is 0 Å². The number of carbonyl (C=O) groups is 1. The van der Waals surface area contributed by atoms with Gasteiger partial charge in [-0.25, -0.2) is 0 Å². The largest absolute Gasteiger partial charge is 0.481 e. The molecule has 0 radical (unpaired) electrons. The Morgan fingerprint density at radius 1 is 1.54 bits per heavy atom. The monoisotopic (exact) mass is 181 g/mol. The third kappa shape index (κ3) is 1.37. The summed E-state index contributed by atoms with van der Waals surface area (Å²) in [5.74, 6) is 0.337. The predicted molar refractivity (Wildman–Crippen MR) is 49.0 cm³/mol. The molecule has 2 bridgehead atoms. The van der Waals surface area contributed by atoms with Crippen molar-refractivity contribution in [2.75, 3.05) is 6.54 Å². The van der Waals surface area contributed by atoms with Crippen LogP contribution in [0.5, 0.6) is 0 Å². The highest BCUT2D eigenvalue weighted by atomic mass is 16.4. The molecule has 1 saturated carbocycles. The molecule has 0 aliphatic heterocycles. The molecular weight excluding hydrogens is 166 g/mol. The second kappa shape index (κ2) is 3.14. The maximum Gasteiger partial charge on any atom is 0.308 e. The van der Waals surface area contributed by atoms with Gasteiger partial charge in [0.2, 0.25) is 0 Å². The van der Waals surface area contributed by atoms with Gasteiger partial charge in [-0.1, -0.05) is 12.2 Å². The molecule has 72 valence electrons. The van der Waals surface area contributed by atoms with Crippen molar-refractivity contribution >= 4 is 5.97 Å². The smallest absolute Gasteiger partial charge is 0.308 e. The first-order valence-corrected chi connectivity index (χ1v) is 4.83. The second-order valence-electron chi connectivity index (χ2n) is 4.12. The van der Waals surface area contributed by atoms with E-state index in [0.29, 0.717) is 11.8 Å². The van der Waals surface area contributed by atoms with Crippen molar-refractivity contribution in [3.63, 3.8) is 0 Å². The van der Waals surface area contributed by atoms with Crippen LogP contribution in [0, 0.1) is 23.7 Å². The van der Waals surface area contributed by atoms with Crippen LogP contribution in [-0.4, -0.2) is 17.6 Å². The molecule has 13 heavy (non-hydrogen) atoms. The Morgan fingerprint density at radius 2 is 2.31 bits per heavy atom. The highest BCUT2D eigenvalue weighted by Crippen LogP contribution is 2.46. The van der Waals surface area contributed by atoms with E-state index in [2.05, 4.69) is 12.2 Å². The van der Waals surface area contributed by atoms with Crippen molar-refractivity contribution in [1.29, 1.82) is 0 Å². The zero-order valence-electron chi connectivity index (χ0n) is 7.52. The van der Waals surface area contributed by atoms with Gasteiger partial charge in [0, 0.05) is 6.54 Å². The Labute approximate surface area is 77.6 Å². The first kappa shape index (κ1) is 8.75. The highest BCUT2D eigenvalue weighted by Gasteiger charge is 2.41. The van der Waals surface area contributed by atoms with Crippen LogP contribution in [-0.2, 0) is 4.79 Å². The molecule has 0 amide bonds. The fraction of sp³-hybridized carbons (Fsp3) is 0.700. The molecule has 4 unspecified atom stereocenters. The fourth-order valence-corrected chi connectivity index (χ4v) is 2.74. The molecule has 0 saturated heterocycles. The number of allylic oxidation sites excluding steroid dienone is 2. The maximum atomic E-state index is 10.9. The van der Waals surface area contributed by atoms with Gasteiger partial charge in [-0.05, 0) is 30.6 Å². The van der Waals surface area contributed by atoms with Crippen LogP contribution in [0.2, 0.25) is 0 Å². The van der Waals surface area contributed by atoms with Crippen LogP contribution in [0.3, 0.4) is 0 Å². The summed E-state index contributed by atoms with van der Waals surface area (Å²) in [6, 6.07) is 0. The van der Waals surface area contributed by atoms with E-state index >= 15 is 0 Å². The lowest BCUT2D eigenvalue weighted by Gasteiger charge is -2.23. The van der Waals surface area contributed by atoms with Crippen LogP contribution in [0.25, 0.3) is 0 Å². The zero-order valence-corrected chi connectivity index (χ0v) is 7.52. The van der Waals surface area contributed by atoms with Crippen molar-refractivity contribution in [3.8, 4) is 0 Å². The molecule has 2 rings (SSSR count). The van der Waals surface area contributed by atoms with Crippen LogP contribution in [0.15, 0.2) is 12.2 Å². The fourth-order valence-electron chi connectivity index (χ4n) is 2.74. The molecule has 0 heterocycles. The average Bonchev–Trinajstić information content (AvgIpc) is 2.65. The maximum absolute atomic E-state index is 10.9. The number of aliphatic carboxylic acids is 1. The minimum absolute atomic E-state index is 0.275. The van der Waals surface area contributed by atoms with E-state index in [1.165, 1.54) is 0 Å². The third-order valence-corrected chi connectivity index (χ3v) is 3.42.